The molecule has 0 N–H and O–H groups in total. The molecule has 0 saturated carbocycles. The van der Waals surface area contributed by atoms with Gasteiger partial charge in [-0.1, -0.05) is 315 Å². The molecule has 0 amide bonds. The number of aryl methyl sites for hydroxylation is 4. The zero-order valence-electron chi connectivity index (χ0n) is 63.4. The minimum atomic E-state index is 1.16. The first-order chi connectivity index (χ1) is 55.2. The van der Waals surface area contributed by atoms with Crippen molar-refractivity contribution in [1.82, 2.24) is 0 Å². The topological polar surface area (TPSA) is 13.0 Å². The van der Waals surface area contributed by atoms with Crippen molar-refractivity contribution in [1.29, 1.82) is 0 Å². The molecule has 20 rings (SSSR count). The van der Waals surface area contributed by atoms with E-state index in [1.807, 2.05) is 0 Å². The summed E-state index contributed by atoms with van der Waals surface area (Å²) < 4.78 is 0. The van der Waals surface area contributed by atoms with Crippen LogP contribution in [-0.2, 0) is 0 Å². The Hall–Kier alpha value is -14.3. The average molecular weight is 1440 g/mol. The highest BCUT2D eigenvalue weighted by molar-refractivity contribution is 6.02. The Balaban J connectivity index is 0.000000108. The molecule has 20 aromatic rings. The van der Waals surface area contributed by atoms with E-state index in [0.29, 0.717) is 0 Å². The number of rotatable bonds is 12. The number of para-hydroxylation sites is 2. The molecule has 0 heterocycles. The van der Waals surface area contributed by atoms with Crippen LogP contribution in [0.25, 0.3) is 86.2 Å². The first-order valence-electron chi connectivity index (χ1n) is 38.5. The van der Waals surface area contributed by atoms with Crippen molar-refractivity contribution in [3.8, 4) is 0 Å². The lowest BCUT2D eigenvalue weighted by Gasteiger charge is -2.28. The van der Waals surface area contributed by atoms with Gasteiger partial charge in [0.2, 0.25) is 0 Å². The highest BCUT2D eigenvalue weighted by atomic mass is 15.2. The predicted octanol–water partition coefficient (Wildman–Crippen LogP) is 31.1. The van der Waals surface area contributed by atoms with Crippen molar-refractivity contribution >= 4 is 154 Å². The minimum Gasteiger partial charge on any atom is -0.310 e. The van der Waals surface area contributed by atoms with E-state index >= 15 is 0 Å². The van der Waals surface area contributed by atoms with Crippen LogP contribution in [0.15, 0.2) is 437 Å². The zero-order valence-corrected chi connectivity index (χ0v) is 63.4. The Morgan fingerprint density at radius 1 is 0.134 bits per heavy atom. The maximum absolute atomic E-state index is 2.38. The van der Waals surface area contributed by atoms with Gasteiger partial charge in [0.15, 0.2) is 0 Å². The molecule has 0 radical (unpaired) electrons. The van der Waals surface area contributed by atoms with Crippen LogP contribution >= 0.6 is 0 Å². The summed E-state index contributed by atoms with van der Waals surface area (Å²) in [6.45, 7) is 8.61. The fourth-order valence-electron chi connectivity index (χ4n) is 15.4. The van der Waals surface area contributed by atoms with Gasteiger partial charge in [0.1, 0.15) is 0 Å². The van der Waals surface area contributed by atoms with Crippen LogP contribution in [0.3, 0.4) is 0 Å². The van der Waals surface area contributed by atoms with Gasteiger partial charge in [-0.05, 0) is 253 Å². The van der Waals surface area contributed by atoms with Crippen molar-refractivity contribution in [2.24, 2.45) is 0 Å². The molecular weight excluding hydrogens is 1350 g/mol. The lowest BCUT2D eigenvalue weighted by atomic mass is 10.0. The third kappa shape index (κ3) is 15.3. The molecule has 0 aromatic heterocycles. The smallest absolute Gasteiger partial charge is 0.0540 e. The summed E-state index contributed by atoms with van der Waals surface area (Å²) in [5, 5.41) is 20.1. The predicted molar refractivity (Wildman–Crippen MR) is 483 cm³/mol. The van der Waals surface area contributed by atoms with Gasteiger partial charge in [0.05, 0.1) is 5.69 Å². The second-order valence-electron chi connectivity index (χ2n) is 28.8. The molecule has 0 spiro atoms. The van der Waals surface area contributed by atoms with E-state index in [0.717, 1.165) is 17.1 Å². The molecule has 0 bridgehead atoms. The molecule has 112 heavy (non-hydrogen) atoms. The van der Waals surface area contributed by atoms with E-state index in [4.69, 9.17) is 0 Å². The van der Waals surface area contributed by atoms with E-state index < -0.39 is 0 Å². The summed E-state index contributed by atoms with van der Waals surface area (Å²) in [4.78, 5) is 9.41. The standard InChI is InChI=1S/4C27H21N/c1-20-8-2-7-13-27(20)28(25-16-14-21-9-3-5-11-23(21)18-25)26-17-15-22-10-4-6-12-24(22)19-26;1-20-9-2-7-15-26(20)28(24-18-17-21-10-3-4-12-23(21)19-24)27-16-8-13-22-11-5-6-14-25(22)27;1-20-7-6-12-25(17-20)28(26-15-13-21-8-2-4-10-23(21)18-26)27-16-14-22-9-3-5-11-24(22)19-27;1-20-10-14-25(15-11-20)28(26-16-12-21-6-2-4-8-23(21)18-26)27-17-13-22-7-3-5-9-24(22)19-27/h4*2-19H,1H3. The third-order valence-electron chi connectivity index (χ3n) is 21.2. The van der Waals surface area contributed by atoms with E-state index in [9.17, 15) is 0 Å². The van der Waals surface area contributed by atoms with Gasteiger partial charge in [-0.2, -0.15) is 0 Å². The molecule has 0 aliphatic rings. The normalized spacial score (nSPS) is 11.0. The molecule has 0 aliphatic carbocycles. The van der Waals surface area contributed by atoms with Gasteiger partial charge < -0.3 is 19.6 Å². The molecule has 20 aromatic carbocycles. The first-order valence-corrected chi connectivity index (χ1v) is 38.5. The summed E-state index contributed by atoms with van der Waals surface area (Å²) in [7, 11) is 0. The Morgan fingerprint density at radius 2 is 0.375 bits per heavy atom. The molecule has 0 aliphatic heterocycles. The number of hydrogen-bond acceptors (Lipinski definition) is 4. The number of hydrogen-bond donors (Lipinski definition) is 0. The molecule has 0 atom stereocenters. The number of anilines is 12. The third-order valence-corrected chi connectivity index (χ3v) is 21.2. The first kappa shape index (κ1) is 70.6. The quantitative estimate of drug-likeness (QED) is 0.121. The van der Waals surface area contributed by atoms with E-state index in [1.54, 1.807) is 0 Å². The maximum Gasteiger partial charge on any atom is 0.0540 e. The second kappa shape index (κ2) is 32.2. The largest absolute Gasteiger partial charge is 0.310 e. The van der Waals surface area contributed by atoms with Crippen LogP contribution in [0.4, 0.5) is 68.2 Å². The number of nitrogens with zero attached hydrogens (tertiary/aromatic N) is 4. The summed E-state index contributed by atoms with van der Waals surface area (Å²) in [5.74, 6) is 0. The monoisotopic (exact) mass is 1440 g/mol. The minimum absolute atomic E-state index is 1.16. The number of benzene rings is 20. The van der Waals surface area contributed by atoms with Crippen LogP contribution in [-0.4, -0.2) is 0 Å². The molecule has 4 nitrogen and oxygen atoms in total. The average Bonchev–Trinajstić information content (AvgIpc) is 0.782. The van der Waals surface area contributed by atoms with Crippen molar-refractivity contribution < 1.29 is 0 Å². The van der Waals surface area contributed by atoms with Gasteiger partial charge in [-0.15, -0.1) is 0 Å². The van der Waals surface area contributed by atoms with Gasteiger partial charge in [0, 0.05) is 67.9 Å². The Kier molecular flexibility index (Phi) is 20.3. The molecule has 0 unspecified atom stereocenters. The Labute approximate surface area is 656 Å². The lowest BCUT2D eigenvalue weighted by molar-refractivity contribution is 1.26. The SMILES string of the molecule is Cc1ccc(N(c2ccc3ccccc3c2)c2ccc3ccccc3c2)cc1.Cc1cccc(N(c2ccc3ccccc3c2)c2ccc3ccccc3c2)c1.Cc1ccccc1N(c1ccc2ccccc2c1)c1ccc2ccccc2c1.Cc1ccccc1N(c1ccc2ccccc2c1)c1cccc2ccccc12. The van der Waals surface area contributed by atoms with E-state index in [2.05, 4.69) is 484 Å². The number of fused-ring (bicyclic) bond motifs is 8. The molecule has 0 saturated heterocycles. The van der Waals surface area contributed by atoms with Gasteiger partial charge in [-0.25, -0.2) is 0 Å². The Bertz CT molecular complexity index is 6510. The fourth-order valence-corrected chi connectivity index (χ4v) is 15.4. The molecule has 536 valence electrons. The van der Waals surface area contributed by atoms with Gasteiger partial charge in [-0.3, -0.25) is 0 Å². The second-order valence-corrected chi connectivity index (χ2v) is 28.8. The van der Waals surface area contributed by atoms with E-state index in [-0.39, 0.29) is 0 Å². The zero-order chi connectivity index (χ0) is 75.7. The van der Waals surface area contributed by atoms with Crippen LogP contribution in [0.2, 0.25) is 0 Å². The molecule has 4 heteroatoms. The van der Waals surface area contributed by atoms with Crippen LogP contribution in [0.5, 0.6) is 0 Å². The van der Waals surface area contributed by atoms with Crippen LogP contribution in [0, 0.1) is 27.7 Å². The highest BCUT2D eigenvalue weighted by Gasteiger charge is 2.21. The summed E-state index contributed by atoms with van der Waals surface area (Å²) in [5.41, 5.74) is 19.1. The van der Waals surface area contributed by atoms with Gasteiger partial charge >= 0.3 is 0 Å². The fraction of sp³-hybridized carbons (Fsp3) is 0.0370. The van der Waals surface area contributed by atoms with Crippen molar-refractivity contribution in [2.45, 2.75) is 27.7 Å². The summed E-state index contributed by atoms with van der Waals surface area (Å²) in [6.07, 6.45) is 0. The van der Waals surface area contributed by atoms with E-state index in [1.165, 1.54) is 160 Å². The summed E-state index contributed by atoms with van der Waals surface area (Å²) >= 11 is 0. The molecular formula is C108H84N4. The van der Waals surface area contributed by atoms with Gasteiger partial charge in [0.25, 0.3) is 0 Å². The maximum atomic E-state index is 2.38. The van der Waals surface area contributed by atoms with Crippen LogP contribution < -0.4 is 19.6 Å². The van der Waals surface area contributed by atoms with Crippen molar-refractivity contribution in [3.63, 3.8) is 0 Å². The van der Waals surface area contributed by atoms with Crippen LogP contribution in [0.1, 0.15) is 22.3 Å². The summed E-state index contributed by atoms with van der Waals surface area (Å²) in [6, 6.07) is 156. The van der Waals surface area contributed by atoms with Crippen molar-refractivity contribution in [3.05, 3.63) is 459 Å². The van der Waals surface area contributed by atoms with Crippen molar-refractivity contribution in [2.75, 3.05) is 19.6 Å². The highest BCUT2D eigenvalue weighted by Crippen LogP contribution is 2.44. The molecule has 0 fully saturated rings. The lowest BCUT2D eigenvalue weighted by Crippen LogP contribution is -2.11. The Morgan fingerprint density at radius 3 is 0.723 bits per heavy atom.